The third kappa shape index (κ3) is 5.04. The van der Waals surface area contributed by atoms with Crippen molar-refractivity contribution in [3.05, 3.63) is 121 Å². The van der Waals surface area contributed by atoms with Gasteiger partial charge in [-0.1, -0.05) is 125 Å². The third-order valence-electron chi connectivity index (χ3n) is 10.5. The molecule has 0 spiro atoms. The fourth-order valence-corrected chi connectivity index (χ4v) is 7.81. The van der Waals surface area contributed by atoms with Crippen molar-refractivity contribution in [2.45, 2.75) is 0 Å². The zero-order valence-corrected chi connectivity index (χ0v) is 28.6. The Labute approximate surface area is 318 Å². The minimum Gasteiger partial charge on any atom is -0.456 e. The second-order valence-electron chi connectivity index (χ2n) is 13.4. The number of hydrogen-bond acceptors (Lipinski definition) is 1. The number of rotatable bonds is 4. The minimum atomic E-state index is 0.171. The van der Waals surface area contributed by atoms with Crippen molar-refractivity contribution >= 4 is 150 Å². The van der Waals surface area contributed by atoms with E-state index in [1.54, 1.807) is 0 Å². The number of benzene rings is 8. The molecule has 16 radical (unpaired) electrons. The van der Waals surface area contributed by atoms with Crippen LogP contribution >= 0.6 is 0 Å². The summed E-state index contributed by atoms with van der Waals surface area (Å²) in [5.41, 5.74) is 10.3. The molecule has 9 aromatic rings. The van der Waals surface area contributed by atoms with Crippen molar-refractivity contribution in [3.8, 4) is 44.5 Å². The van der Waals surface area contributed by atoms with Crippen LogP contribution in [0.3, 0.4) is 0 Å². The summed E-state index contributed by atoms with van der Waals surface area (Å²) in [6.07, 6.45) is 0. The van der Waals surface area contributed by atoms with Gasteiger partial charge in [-0.05, 0) is 84.3 Å². The lowest BCUT2D eigenvalue weighted by atomic mass is 9.59. The molecular weight excluding hydrogens is 631 g/mol. The highest BCUT2D eigenvalue weighted by atomic mass is 16.3. The van der Waals surface area contributed by atoms with Crippen LogP contribution in [-0.2, 0) is 0 Å². The SMILES string of the molecule is [B]c1c([B])c([B])c2c(-c3ccccc3-c3ccccc3)c3c([B])c([B])c([B])c([B])c3c(-c3ccc(-c4ccc5oc6ccccc6c5c4)cc3)c2c1[B]. The molecule has 0 aliphatic carbocycles. The molecule has 53 heavy (non-hydrogen) atoms. The molecule has 9 heteroatoms. The standard InChI is InChI=1S/C44H20B8O/c45-37-33-31(23-16-14-21(15-17-23)24-18-19-30-28(20-24)26-11-6-7-13-29(26)53-30)34-36(40(48)44(52)42(50)38(34)46)32(35(33)39(47)43(51)41(37)49)27-12-5-4-10-25(27)22-8-2-1-3-9-22/h1-20H. The summed E-state index contributed by atoms with van der Waals surface area (Å²) in [6.45, 7) is 0. The van der Waals surface area contributed by atoms with Gasteiger partial charge in [0.05, 0.1) is 0 Å². The van der Waals surface area contributed by atoms with E-state index in [1.165, 1.54) is 0 Å². The summed E-state index contributed by atoms with van der Waals surface area (Å²) in [5, 5.41) is 4.41. The molecule has 0 bridgehead atoms. The quantitative estimate of drug-likeness (QED) is 0.211. The molecule has 1 aromatic heterocycles. The monoisotopic (exact) mass is 652 g/mol. The molecule has 0 unspecified atom stereocenters. The van der Waals surface area contributed by atoms with E-state index in [4.69, 9.17) is 67.2 Å². The summed E-state index contributed by atoms with van der Waals surface area (Å²) >= 11 is 0. The van der Waals surface area contributed by atoms with Crippen LogP contribution in [-0.4, -0.2) is 62.8 Å². The van der Waals surface area contributed by atoms with Crippen LogP contribution in [0.25, 0.3) is 88.0 Å². The number of para-hydroxylation sites is 1. The highest BCUT2D eigenvalue weighted by Crippen LogP contribution is 2.44. The molecule has 1 nitrogen and oxygen atoms in total. The van der Waals surface area contributed by atoms with Gasteiger partial charge in [0.2, 0.25) is 0 Å². The van der Waals surface area contributed by atoms with E-state index in [1.807, 2.05) is 97.1 Å². The maximum atomic E-state index is 6.99. The Bertz CT molecular complexity index is 2890. The van der Waals surface area contributed by atoms with Crippen molar-refractivity contribution in [2.24, 2.45) is 0 Å². The van der Waals surface area contributed by atoms with Gasteiger partial charge >= 0.3 is 0 Å². The Morgan fingerprint density at radius 2 is 0.755 bits per heavy atom. The summed E-state index contributed by atoms with van der Waals surface area (Å²) in [7, 11) is 54.4. The predicted molar refractivity (Wildman–Crippen MR) is 234 cm³/mol. The number of fused-ring (bicyclic) bond motifs is 5. The van der Waals surface area contributed by atoms with E-state index in [0.29, 0.717) is 32.7 Å². The first kappa shape index (κ1) is 33.4. The van der Waals surface area contributed by atoms with Gasteiger partial charge in [0.25, 0.3) is 0 Å². The maximum absolute atomic E-state index is 6.99. The van der Waals surface area contributed by atoms with Crippen LogP contribution in [0.15, 0.2) is 126 Å². The zero-order chi connectivity index (χ0) is 36.7. The van der Waals surface area contributed by atoms with E-state index in [2.05, 4.69) is 24.3 Å². The fraction of sp³-hybridized carbons (Fsp3) is 0. The van der Waals surface area contributed by atoms with E-state index >= 15 is 0 Å². The first-order chi connectivity index (χ1) is 25.7. The molecule has 0 aliphatic heterocycles. The van der Waals surface area contributed by atoms with E-state index in [-0.39, 0.29) is 43.7 Å². The average Bonchev–Trinajstić information content (AvgIpc) is 3.58. The van der Waals surface area contributed by atoms with Crippen molar-refractivity contribution in [1.82, 2.24) is 0 Å². The lowest BCUT2D eigenvalue weighted by molar-refractivity contribution is 0.669. The van der Waals surface area contributed by atoms with E-state index in [0.717, 1.165) is 55.3 Å². The second kappa shape index (κ2) is 12.6. The van der Waals surface area contributed by atoms with Crippen LogP contribution in [0.5, 0.6) is 0 Å². The van der Waals surface area contributed by atoms with Crippen molar-refractivity contribution in [3.63, 3.8) is 0 Å². The van der Waals surface area contributed by atoms with Crippen LogP contribution in [0.1, 0.15) is 0 Å². The Morgan fingerprint density at radius 3 is 1.36 bits per heavy atom. The van der Waals surface area contributed by atoms with Crippen LogP contribution in [0.4, 0.5) is 0 Å². The van der Waals surface area contributed by atoms with Gasteiger partial charge < -0.3 is 4.42 Å². The van der Waals surface area contributed by atoms with Gasteiger partial charge in [0, 0.05) is 10.8 Å². The molecule has 9 rings (SSSR count). The topological polar surface area (TPSA) is 13.1 Å². The second-order valence-corrected chi connectivity index (χ2v) is 13.4. The van der Waals surface area contributed by atoms with Crippen LogP contribution in [0, 0.1) is 0 Å². The summed E-state index contributed by atoms with van der Waals surface area (Å²) in [4.78, 5) is 0. The van der Waals surface area contributed by atoms with Crippen molar-refractivity contribution < 1.29 is 4.42 Å². The minimum absolute atomic E-state index is 0.171. The molecule has 0 amide bonds. The summed E-state index contributed by atoms with van der Waals surface area (Å²) in [5.74, 6) is 0. The average molecular weight is 651 g/mol. The van der Waals surface area contributed by atoms with Crippen LogP contribution in [0.2, 0.25) is 0 Å². The van der Waals surface area contributed by atoms with Gasteiger partial charge in [-0.3, -0.25) is 0 Å². The lowest BCUT2D eigenvalue weighted by Crippen LogP contribution is -2.50. The Balaban J connectivity index is 1.39. The Hall–Kier alpha value is -5.40. The van der Waals surface area contributed by atoms with E-state index in [9.17, 15) is 0 Å². The molecule has 0 atom stereocenters. The van der Waals surface area contributed by atoms with Gasteiger partial charge in [-0.25, -0.2) is 0 Å². The molecule has 0 N–H and O–H groups in total. The van der Waals surface area contributed by atoms with E-state index < -0.39 is 0 Å². The highest BCUT2D eigenvalue weighted by molar-refractivity contribution is 6.71. The highest BCUT2D eigenvalue weighted by Gasteiger charge is 2.25. The third-order valence-corrected chi connectivity index (χ3v) is 10.5. The van der Waals surface area contributed by atoms with Gasteiger partial charge in [0.1, 0.15) is 73.9 Å². The van der Waals surface area contributed by atoms with Crippen LogP contribution < -0.4 is 43.7 Å². The molecule has 0 saturated carbocycles. The molecule has 0 fully saturated rings. The largest absolute Gasteiger partial charge is 0.456 e. The smallest absolute Gasteiger partial charge is 0.135 e. The summed E-state index contributed by atoms with van der Waals surface area (Å²) < 4.78 is 6.07. The molecule has 0 aliphatic rings. The fourth-order valence-electron chi connectivity index (χ4n) is 7.81. The summed E-state index contributed by atoms with van der Waals surface area (Å²) in [6, 6.07) is 40.4. The molecule has 0 saturated heterocycles. The predicted octanol–water partition coefficient (Wildman–Crippen LogP) is 2.91. The lowest BCUT2D eigenvalue weighted by Gasteiger charge is -2.29. The molecule has 1 heterocycles. The number of hydrogen-bond donors (Lipinski definition) is 0. The first-order valence-corrected chi connectivity index (χ1v) is 17.1. The normalized spacial score (nSPS) is 11.6. The van der Waals surface area contributed by atoms with Gasteiger partial charge in [0.15, 0.2) is 0 Å². The van der Waals surface area contributed by atoms with Crippen molar-refractivity contribution in [2.75, 3.05) is 0 Å². The first-order valence-electron chi connectivity index (χ1n) is 17.1. The Morgan fingerprint density at radius 1 is 0.302 bits per heavy atom. The Kier molecular flexibility index (Phi) is 7.97. The molecular formula is C44H20B8O. The van der Waals surface area contributed by atoms with Crippen molar-refractivity contribution in [1.29, 1.82) is 0 Å². The molecule has 226 valence electrons. The molecule has 8 aromatic carbocycles. The zero-order valence-electron chi connectivity index (χ0n) is 28.6. The number of furan rings is 1. The van der Waals surface area contributed by atoms with Gasteiger partial charge in [-0.2, -0.15) is 0 Å². The van der Waals surface area contributed by atoms with Gasteiger partial charge in [-0.15, -0.1) is 21.9 Å². The maximum Gasteiger partial charge on any atom is 0.135 e.